The molecule has 12 heteroatoms. The number of likely N-dealkylation sites (tertiary alicyclic amines) is 1. The van der Waals surface area contributed by atoms with Gasteiger partial charge in [0.05, 0.1) is 22.7 Å². The van der Waals surface area contributed by atoms with Crippen molar-refractivity contribution in [1.82, 2.24) is 19.9 Å². The molecule has 2 fully saturated rings. The van der Waals surface area contributed by atoms with E-state index in [1.807, 2.05) is 43.3 Å². The van der Waals surface area contributed by atoms with Crippen molar-refractivity contribution in [3.05, 3.63) is 66.5 Å². The highest BCUT2D eigenvalue weighted by molar-refractivity contribution is 7.93. The molecule has 2 aromatic heterocycles. The van der Waals surface area contributed by atoms with E-state index in [1.54, 1.807) is 24.5 Å². The number of nitrogens with zero attached hydrogens (tertiary/aromatic N) is 5. The van der Waals surface area contributed by atoms with Gasteiger partial charge in [0.2, 0.25) is 21.9 Å². The van der Waals surface area contributed by atoms with Crippen LogP contribution in [0.3, 0.4) is 0 Å². The lowest BCUT2D eigenvalue weighted by molar-refractivity contribution is 0.132. The number of sulfonamides is 1. The van der Waals surface area contributed by atoms with Crippen LogP contribution in [0.1, 0.15) is 24.8 Å². The first kappa shape index (κ1) is 26.8. The number of amides is 1. The van der Waals surface area contributed by atoms with Crippen LogP contribution in [0.15, 0.2) is 60.9 Å². The van der Waals surface area contributed by atoms with Gasteiger partial charge >= 0.3 is 6.09 Å². The highest BCUT2D eigenvalue weighted by Gasteiger charge is 2.30. The fourth-order valence-electron chi connectivity index (χ4n) is 5.48. The molecule has 2 aromatic carbocycles. The van der Waals surface area contributed by atoms with Crippen LogP contribution < -0.4 is 14.4 Å². The molecule has 6 rings (SSSR count). The zero-order valence-corrected chi connectivity index (χ0v) is 23.3. The fraction of sp³-hybridized carbons (Fsp3) is 0.310. The van der Waals surface area contributed by atoms with Crippen molar-refractivity contribution in [3.8, 4) is 22.9 Å². The minimum atomic E-state index is -3.35. The molecule has 41 heavy (non-hydrogen) atoms. The fourth-order valence-corrected chi connectivity index (χ4v) is 7.06. The molecule has 0 unspecified atom stereocenters. The Morgan fingerprint density at radius 2 is 1.90 bits per heavy atom. The molecule has 1 atom stereocenters. The van der Waals surface area contributed by atoms with E-state index in [0.29, 0.717) is 60.6 Å². The summed E-state index contributed by atoms with van der Waals surface area (Å²) in [5, 5.41) is 14.2. The van der Waals surface area contributed by atoms with Gasteiger partial charge in [-0.1, -0.05) is 24.3 Å². The topological polar surface area (TPSA) is 138 Å². The molecule has 1 amide bonds. The predicted octanol–water partition coefficient (Wildman–Crippen LogP) is 4.89. The maximum absolute atomic E-state index is 12.7. The van der Waals surface area contributed by atoms with E-state index >= 15 is 0 Å². The summed E-state index contributed by atoms with van der Waals surface area (Å²) in [6.07, 6.45) is 4.54. The second kappa shape index (κ2) is 10.8. The number of aromatic nitrogens is 3. The standard InChI is InChI=1S/C29H30N6O5S/c1-19-10-11-21-22(7-2-9-25(21)35-16-5-17-41(35,38)39)26(19)40-27-23(8-3-13-30-27)24-12-14-31-28(33-24)32-20-6-4-15-34(18-20)29(36)37/h2-3,7-14,20H,4-6,15-18H2,1H3,(H,36,37)(H,31,32,33)/t20-/m0/s1. The van der Waals surface area contributed by atoms with Crippen LogP contribution >= 0.6 is 0 Å². The maximum atomic E-state index is 12.7. The Labute approximate surface area is 237 Å². The van der Waals surface area contributed by atoms with Gasteiger partial charge in [-0.2, -0.15) is 0 Å². The minimum Gasteiger partial charge on any atom is -0.465 e. The summed E-state index contributed by atoms with van der Waals surface area (Å²) in [7, 11) is -3.35. The maximum Gasteiger partial charge on any atom is 0.407 e. The smallest absolute Gasteiger partial charge is 0.407 e. The van der Waals surface area contributed by atoms with E-state index in [0.717, 1.165) is 29.2 Å². The molecule has 0 saturated carbocycles. The molecular weight excluding hydrogens is 544 g/mol. The summed E-state index contributed by atoms with van der Waals surface area (Å²) in [6.45, 7) is 3.28. The quantitative estimate of drug-likeness (QED) is 0.330. The number of pyridine rings is 1. The number of nitrogens with one attached hydrogen (secondary N) is 1. The van der Waals surface area contributed by atoms with Crippen LogP contribution in [0.4, 0.5) is 16.4 Å². The van der Waals surface area contributed by atoms with Crippen LogP contribution in [0.5, 0.6) is 11.6 Å². The normalized spacial score (nSPS) is 18.4. The Balaban J connectivity index is 1.32. The van der Waals surface area contributed by atoms with Crippen molar-refractivity contribution < 1.29 is 23.1 Å². The number of aryl methyl sites for hydroxylation is 1. The number of fused-ring (bicyclic) bond motifs is 1. The van der Waals surface area contributed by atoms with E-state index in [4.69, 9.17) is 9.72 Å². The summed E-state index contributed by atoms with van der Waals surface area (Å²) in [4.78, 5) is 26.4. The van der Waals surface area contributed by atoms with E-state index in [9.17, 15) is 18.3 Å². The number of benzene rings is 2. The lowest BCUT2D eigenvalue weighted by atomic mass is 10.0. The third-order valence-electron chi connectivity index (χ3n) is 7.48. The van der Waals surface area contributed by atoms with Gasteiger partial charge in [0, 0.05) is 48.8 Å². The number of hydrogen-bond donors (Lipinski definition) is 2. The average Bonchev–Trinajstić information content (AvgIpc) is 3.33. The SMILES string of the molecule is Cc1ccc2c(N3CCCS3(=O)=O)cccc2c1Oc1ncccc1-c1ccnc(N[C@H]2CCCN(C(=O)O)C2)n1. The summed E-state index contributed by atoms with van der Waals surface area (Å²) in [5.41, 5.74) is 2.77. The molecule has 4 heterocycles. The number of hydrogen-bond acceptors (Lipinski definition) is 8. The van der Waals surface area contributed by atoms with Crippen molar-refractivity contribution in [2.24, 2.45) is 0 Å². The van der Waals surface area contributed by atoms with Crippen LogP contribution in [-0.4, -0.2) is 70.9 Å². The Hall–Kier alpha value is -4.45. The molecule has 2 saturated heterocycles. The molecule has 2 N–H and O–H groups in total. The first-order valence-electron chi connectivity index (χ1n) is 13.5. The Morgan fingerprint density at radius 1 is 1.02 bits per heavy atom. The number of carboxylic acid groups (broad SMARTS) is 1. The van der Waals surface area contributed by atoms with Crippen molar-refractivity contribution in [1.29, 1.82) is 0 Å². The molecule has 0 spiro atoms. The van der Waals surface area contributed by atoms with Crippen LogP contribution in [0.2, 0.25) is 0 Å². The van der Waals surface area contributed by atoms with Gasteiger partial charge in [-0.05, 0) is 56.0 Å². The molecule has 4 aromatic rings. The molecule has 0 radical (unpaired) electrons. The highest BCUT2D eigenvalue weighted by atomic mass is 32.2. The van der Waals surface area contributed by atoms with E-state index in [-0.39, 0.29) is 11.8 Å². The third kappa shape index (κ3) is 5.34. The number of ether oxygens (including phenoxy) is 1. The van der Waals surface area contributed by atoms with Crippen LogP contribution in [0, 0.1) is 6.92 Å². The predicted molar refractivity (Wildman–Crippen MR) is 156 cm³/mol. The molecule has 2 aliphatic heterocycles. The first-order valence-corrected chi connectivity index (χ1v) is 15.1. The third-order valence-corrected chi connectivity index (χ3v) is 9.34. The second-order valence-electron chi connectivity index (χ2n) is 10.3. The van der Waals surface area contributed by atoms with Gasteiger partial charge < -0.3 is 20.1 Å². The van der Waals surface area contributed by atoms with Gasteiger partial charge in [-0.3, -0.25) is 4.31 Å². The van der Waals surface area contributed by atoms with Crippen molar-refractivity contribution in [2.75, 3.05) is 35.0 Å². The molecule has 2 aliphatic rings. The van der Waals surface area contributed by atoms with Crippen molar-refractivity contribution >= 4 is 38.5 Å². The van der Waals surface area contributed by atoms with Gasteiger partial charge in [-0.25, -0.2) is 28.2 Å². The summed E-state index contributed by atoms with van der Waals surface area (Å²) in [5.74, 6) is 1.47. The monoisotopic (exact) mass is 574 g/mol. The lowest BCUT2D eigenvalue weighted by Gasteiger charge is -2.31. The van der Waals surface area contributed by atoms with E-state index in [1.165, 1.54) is 9.21 Å². The number of anilines is 2. The second-order valence-corrected chi connectivity index (χ2v) is 12.3. The lowest BCUT2D eigenvalue weighted by Crippen LogP contribution is -2.44. The zero-order valence-electron chi connectivity index (χ0n) is 22.5. The summed E-state index contributed by atoms with van der Waals surface area (Å²) in [6, 6.07) is 14.8. The van der Waals surface area contributed by atoms with E-state index in [2.05, 4.69) is 15.3 Å². The summed E-state index contributed by atoms with van der Waals surface area (Å²) >= 11 is 0. The van der Waals surface area contributed by atoms with Crippen molar-refractivity contribution in [2.45, 2.75) is 32.2 Å². The Kier molecular flexibility index (Phi) is 7.08. The number of rotatable bonds is 6. The Morgan fingerprint density at radius 3 is 2.71 bits per heavy atom. The number of carbonyl (C=O) groups is 1. The largest absolute Gasteiger partial charge is 0.465 e. The molecule has 212 valence electrons. The van der Waals surface area contributed by atoms with Crippen molar-refractivity contribution in [3.63, 3.8) is 0 Å². The Bertz CT molecular complexity index is 1730. The number of piperidine rings is 1. The molecule has 11 nitrogen and oxygen atoms in total. The van der Waals surface area contributed by atoms with Gasteiger partial charge in [0.15, 0.2) is 0 Å². The first-order chi connectivity index (χ1) is 19.8. The average molecular weight is 575 g/mol. The molecular formula is C29H30N6O5S. The van der Waals surface area contributed by atoms with Gasteiger partial charge in [0.1, 0.15) is 5.75 Å². The van der Waals surface area contributed by atoms with Crippen LogP contribution in [0.25, 0.3) is 22.0 Å². The van der Waals surface area contributed by atoms with Gasteiger partial charge in [0.25, 0.3) is 0 Å². The highest BCUT2D eigenvalue weighted by Crippen LogP contribution is 2.40. The van der Waals surface area contributed by atoms with Gasteiger partial charge in [-0.15, -0.1) is 0 Å². The van der Waals surface area contributed by atoms with E-state index < -0.39 is 16.1 Å². The zero-order chi connectivity index (χ0) is 28.6. The molecule has 0 bridgehead atoms. The minimum absolute atomic E-state index is 0.0910. The molecule has 0 aliphatic carbocycles. The summed E-state index contributed by atoms with van der Waals surface area (Å²) < 4.78 is 33.3. The van der Waals surface area contributed by atoms with Crippen LogP contribution in [-0.2, 0) is 10.0 Å².